The van der Waals surface area contributed by atoms with Gasteiger partial charge >= 0.3 is 0 Å². The van der Waals surface area contributed by atoms with Crippen molar-refractivity contribution in [2.24, 2.45) is 5.10 Å². The van der Waals surface area contributed by atoms with Crippen LogP contribution in [0.15, 0.2) is 78.2 Å². The van der Waals surface area contributed by atoms with Crippen molar-refractivity contribution in [1.82, 2.24) is 15.4 Å². The molecule has 0 atom stereocenters. The number of amides is 1. The van der Waals surface area contributed by atoms with Gasteiger partial charge in [0.25, 0.3) is 5.91 Å². The van der Waals surface area contributed by atoms with Crippen molar-refractivity contribution >= 4 is 22.5 Å². The second kappa shape index (κ2) is 8.62. The van der Waals surface area contributed by atoms with Crippen molar-refractivity contribution in [3.05, 3.63) is 84.2 Å². The van der Waals surface area contributed by atoms with Gasteiger partial charge < -0.3 is 10.2 Å². The number of phenolic OH excluding ortho intramolecular Hbond substituents is 2. The number of aromatic nitrogens is 2. The Balaban J connectivity index is 1.73. The van der Waals surface area contributed by atoms with Gasteiger partial charge in [0.1, 0.15) is 11.5 Å². The van der Waals surface area contributed by atoms with Gasteiger partial charge in [-0.3, -0.25) is 9.78 Å². The number of hydrazone groups is 1. The fraction of sp³-hybridized carbons (Fsp3) is 0.0833. The van der Waals surface area contributed by atoms with Gasteiger partial charge in [0.2, 0.25) is 0 Å². The van der Waals surface area contributed by atoms with E-state index in [4.69, 9.17) is 0 Å². The number of fused-ring (bicyclic) bond motifs is 1. The quantitative estimate of drug-likeness (QED) is 0.258. The first-order valence-electron chi connectivity index (χ1n) is 9.76. The highest BCUT2D eigenvalue weighted by atomic mass is 16.3. The van der Waals surface area contributed by atoms with Crippen LogP contribution >= 0.6 is 0 Å². The predicted molar refractivity (Wildman–Crippen MR) is 119 cm³/mol. The first-order chi connectivity index (χ1) is 15.1. The maximum atomic E-state index is 13.1. The summed E-state index contributed by atoms with van der Waals surface area (Å²) in [7, 11) is 0. The molecule has 2 aromatic heterocycles. The predicted octanol–water partition coefficient (Wildman–Crippen LogP) is 4.25. The summed E-state index contributed by atoms with van der Waals surface area (Å²) in [6.07, 6.45) is 3.79. The Morgan fingerprint density at radius 2 is 1.77 bits per heavy atom. The maximum absolute atomic E-state index is 13.1. The summed E-state index contributed by atoms with van der Waals surface area (Å²) in [6, 6.07) is 17.0. The van der Waals surface area contributed by atoms with Crippen LogP contribution in [0.5, 0.6) is 11.5 Å². The molecular formula is C24H20N4O3. The lowest BCUT2D eigenvalue weighted by Gasteiger charge is -2.10. The summed E-state index contributed by atoms with van der Waals surface area (Å²) in [4.78, 5) is 21.8. The van der Waals surface area contributed by atoms with E-state index in [0.29, 0.717) is 39.9 Å². The Bertz CT molecular complexity index is 1290. The maximum Gasteiger partial charge on any atom is 0.272 e. The molecule has 4 rings (SSSR count). The molecule has 0 aliphatic rings. The van der Waals surface area contributed by atoms with Crippen LogP contribution in [0, 0.1) is 0 Å². The summed E-state index contributed by atoms with van der Waals surface area (Å²) < 4.78 is 0. The summed E-state index contributed by atoms with van der Waals surface area (Å²) in [6.45, 7) is 1.85. The van der Waals surface area contributed by atoms with Crippen molar-refractivity contribution < 1.29 is 15.0 Å². The molecule has 1 amide bonds. The monoisotopic (exact) mass is 412 g/mol. The van der Waals surface area contributed by atoms with Crippen LogP contribution in [0.4, 0.5) is 0 Å². The Kier molecular flexibility index (Phi) is 5.57. The first-order valence-corrected chi connectivity index (χ1v) is 9.76. The number of hydrogen-bond acceptors (Lipinski definition) is 6. The molecule has 2 heterocycles. The number of nitrogens with one attached hydrogen (secondary N) is 1. The fourth-order valence-electron chi connectivity index (χ4n) is 3.30. The molecule has 31 heavy (non-hydrogen) atoms. The van der Waals surface area contributed by atoms with Crippen LogP contribution in [-0.4, -0.2) is 31.8 Å². The highest BCUT2D eigenvalue weighted by Gasteiger charge is 2.15. The van der Waals surface area contributed by atoms with Crippen molar-refractivity contribution in [1.29, 1.82) is 0 Å². The Morgan fingerprint density at radius 3 is 2.55 bits per heavy atom. The van der Waals surface area contributed by atoms with Crippen LogP contribution in [0.3, 0.4) is 0 Å². The van der Waals surface area contributed by atoms with E-state index in [1.54, 1.807) is 18.5 Å². The Morgan fingerprint density at radius 1 is 1.00 bits per heavy atom. The molecule has 7 nitrogen and oxygen atoms in total. The van der Waals surface area contributed by atoms with Crippen LogP contribution in [0.1, 0.15) is 29.3 Å². The standard InChI is InChI=1S/C24H20N4O3/c1-2-20(19-13-16(29)7-8-23(19)30)27-28-24(31)18-14-22(15-9-11-25-12-10-15)26-21-6-4-3-5-17(18)21/h3-14,29-30H,2H2,1H3,(H,28,31)/b27-20+. The van der Waals surface area contributed by atoms with E-state index in [-0.39, 0.29) is 11.5 Å². The molecule has 0 unspecified atom stereocenters. The van der Waals surface area contributed by atoms with E-state index in [0.717, 1.165) is 5.56 Å². The van der Waals surface area contributed by atoms with E-state index < -0.39 is 5.91 Å². The zero-order valence-electron chi connectivity index (χ0n) is 16.8. The summed E-state index contributed by atoms with van der Waals surface area (Å²) >= 11 is 0. The SMILES string of the molecule is CC/C(=N\NC(=O)c1cc(-c2ccncc2)nc2ccccc12)c1cc(O)ccc1O. The minimum absolute atomic E-state index is 0.00222. The number of nitrogens with zero attached hydrogens (tertiary/aromatic N) is 3. The Labute approximate surface area is 178 Å². The highest BCUT2D eigenvalue weighted by molar-refractivity contribution is 6.08. The van der Waals surface area contributed by atoms with E-state index in [1.165, 1.54) is 18.2 Å². The third kappa shape index (κ3) is 4.20. The van der Waals surface area contributed by atoms with Gasteiger partial charge in [-0.2, -0.15) is 5.10 Å². The van der Waals surface area contributed by atoms with E-state index in [9.17, 15) is 15.0 Å². The molecule has 0 fully saturated rings. The molecule has 0 aliphatic heterocycles. The van der Waals surface area contributed by atoms with Gasteiger partial charge in [0.05, 0.1) is 22.5 Å². The molecule has 0 bridgehead atoms. The summed E-state index contributed by atoms with van der Waals surface area (Å²) in [5.74, 6) is -0.427. The molecule has 0 radical (unpaired) electrons. The molecule has 0 spiro atoms. The molecule has 7 heteroatoms. The number of pyridine rings is 2. The lowest BCUT2D eigenvalue weighted by Crippen LogP contribution is -2.20. The van der Waals surface area contributed by atoms with Crippen molar-refractivity contribution in [3.63, 3.8) is 0 Å². The smallest absolute Gasteiger partial charge is 0.272 e. The van der Waals surface area contributed by atoms with Crippen LogP contribution < -0.4 is 5.43 Å². The fourth-order valence-corrected chi connectivity index (χ4v) is 3.30. The Hall–Kier alpha value is -4.26. The first kappa shape index (κ1) is 20.0. The molecule has 0 saturated heterocycles. The lowest BCUT2D eigenvalue weighted by atomic mass is 10.0. The van der Waals surface area contributed by atoms with Crippen LogP contribution in [-0.2, 0) is 0 Å². The summed E-state index contributed by atoms with van der Waals surface area (Å²) in [5, 5.41) is 24.7. The molecule has 0 aliphatic carbocycles. The number of phenols is 2. The van der Waals surface area contributed by atoms with Crippen molar-refractivity contribution in [2.45, 2.75) is 13.3 Å². The topological polar surface area (TPSA) is 108 Å². The van der Waals surface area contributed by atoms with Crippen molar-refractivity contribution in [3.8, 4) is 22.8 Å². The number of hydrogen-bond donors (Lipinski definition) is 3. The second-order valence-electron chi connectivity index (χ2n) is 6.86. The number of para-hydroxylation sites is 1. The summed E-state index contributed by atoms with van der Waals surface area (Å²) in [5.41, 5.74) is 5.99. The van der Waals surface area contributed by atoms with E-state index in [2.05, 4.69) is 20.5 Å². The average molecular weight is 412 g/mol. The molecular weight excluding hydrogens is 392 g/mol. The molecule has 4 aromatic rings. The zero-order valence-corrected chi connectivity index (χ0v) is 16.8. The number of aromatic hydroxyl groups is 2. The van der Waals surface area contributed by atoms with Gasteiger partial charge in [-0.05, 0) is 48.9 Å². The number of benzene rings is 2. The second-order valence-corrected chi connectivity index (χ2v) is 6.86. The largest absolute Gasteiger partial charge is 0.508 e. The highest BCUT2D eigenvalue weighted by Crippen LogP contribution is 2.25. The molecule has 0 saturated carbocycles. The lowest BCUT2D eigenvalue weighted by molar-refractivity contribution is 0.0956. The van der Waals surface area contributed by atoms with Gasteiger partial charge in [0, 0.05) is 28.9 Å². The minimum Gasteiger partial charge on any atom is -0.508 e. The van der Waals surface area contributed by atoms with Crippen molar-refractivity contribution in [2.75, 3.05) is 0 Å². The van der Waals surface area contributed by atoms with Gasteiger partial charge in [0.15, 0.2) is 0 Å². The number of rotatable bonds is 5. The molecule has 2 aromatic carbocycles. The van der Waals surface area contributed by atoms with E-state index >= 15 is 0 Å². The zero-order chi connectivity index (χ0) is 21.8. The van der Waals surface area contributed by atoms with Gasteiger partial charge in [-0.1, -0.05) is 25.1 Å². The van der Waals surface area contributed by atoms with Gasteiger partial charge in [-0.15, -0.1) is 0 Å². The molecule has 154 valence electrons. The number of carbonyl (C=O) groups excluding carboxylic acids is 1. The third-order valence-corrected chi connectivity index (χ3v) is 4.86. The normalized spacial score (nSPS) is 11.5. The van der Waals surface area contributed by atoms with Crippen LogP contribution in [0.2, 0.25) is 0 Å². The van der Waals surface area contributed by atoms with Crippen LogP contribution in [0.25, 0.3) is 22.2 Å². The minimum atomic E-state index is -0.403. The third-order valence-electron chi connectivity index (χ3n) is 4.86. The van der Waals surface area contributed by atoms with Gasteiger partial charge in [-0.25, -0.2) is 10.4 Å². The molecule has 3 N–H and O–H groups in total. The average Bonchev–Trinajstić information content (AvgIpc) is 2.81. The number of carbonyl (C=O) groups is 1. The van der Waals surface area contributed by atoms with E-state index in [1.807, 2.05) is 43.3 Å².